The second-order valence-electron chi connectivity index (χ2n) is 4.63. The van der Waals surface area contributed by atoms with Crippen molar-refractivity contribution in [1.29, 1.82) is 0 Å². The molecular weight excluding hydrogens is 210 g/mol. The van der Waals surface area contributed by atoms with Gasteiger partial charge in [0, 0.05) is 18.5 Å². The molecule has 1 amide bonds. The van der Waals surface area contributed by atoms with Crippen LogP contribution >= 0.6 is 0 Å². The van der Waals surface area contributed by atoms with Crippen molar-refractivity contribution >= 4 is 5.91 Å². The van der Waals surface area contributed by atoms with Crippen molar-refractivity contribution in [2.24, 2.45) is 11.8 Å². The molecule has 1 unspecified atom stereocenters. The first-order valence-corrected chi connectivity index (χ1v) is 7.29. The number of hydrogen-bond acceptors (Lipinski definition) is 1. The highest BCUT2D eigenvalue weighted by molar-refractivity contribution is 5.79. The van der Waals surface area contributed by atoms with E-state index in [1.807, 2.05) is 25.7 Å². The molecule has 0 aromatic rings. The first kappa shape index (κ1) is 18.8. The number of rotatable bonds is 6. The highest BCUT2D eigenvalue weighted by Gasteiger charge is 2.25. The third-order valence-electron chi connectivity index (χ3n) is 3.40. The molecule has 0 spiro atoms. The monoisotopic (exact) mass is 243 g/mol. The Morgan fingerprint density at radius 1 is 1.00 bits per heavy atom. The van der Waals surface area contributed by atoms with E-state index in [1.165, 1.54) is 0 Å². The summed E-state index contributed by atoms with van der Waals surface area (Å²) in [5.74, 6) is 0.896. The maximum atomic E-state index is 12.2. The number of nitrogens with zero attached hydrogens (tertiary/aromatic N) is 1. The van der Waals surface area contributed by atoms with Crippen molar-refractivity contribution < 1.29 is 4.79 Å². The maximum absolute atomic E-state index is 12.2. The van der Waals surface area contributed by atoms with Gasteiger partial charge >= 0.3 is 0 Å². The zero-order valence-electron chi connectivity index (χ0n) is 13.2. The van der Waals surface area contributed by atoms with Crippen LogP contribution in [0.4, 0.5) is 0 Å². The molecule has 0 fully saturated rings. The average Bonchev–Trinajstić information content (AvgIpc) is 2.36. The minimum absolute atomic E-state index is 0.144. The van der Waals surface area contributed by atoms with Crippen LogP contribution < -0.4 is 0 Å². The van der Waals surface area contributed by atoms with Crippen LogP contribution in [0.3, 0.4) is 0 Å². The highest BCUT2D eigenvalue weighted by atomic mass is 16.2. The standard InChI is InChI=1S/C13H27NO.C2H6/c1-7-12(8-2)14(9-3)13(15)11(6)10(4)5;1-2/h10-12H,7-9H2,1-6H3;1-2H3. The van der Waals surface area contributed by atoms with Crippen LogP contribution in [0.1, 0.15) is 68.2 Å². The molecule has 0 aliphatic heterocycles. The van der Waals surface area contributed by atoms with E-state index in [2.05, 4.69) is 34.6 Å². The molecule has 2 heteroatoms. The van der Waals surface area contributed by atoms with Crippen LogP contribution in [0.15, 0.2) is 0 Å². The fourth-order valence-corrected chi connectivity index (χ4v) is 1.87. The molecule has 0 aliphatic rings. The second kappa shape index (κ2) is 10.6. The van der Waals surface area contributed by atoms with Gasteiger partial charge in [-0.3, -0.25) is 4.79 Å². The van der Waals surface area contributed by atoms with E-state index < -0.39 is 0 Å². The van der Waals surface area contributed by atoms with Crippen LogP contribution in [-0.2, 0) is 4.79 Å². The van der Waals surface area contributed by atoms with Crippen LogP contribution in [0.2, 0.25) is 0 Å². The van der Waals surface area contributed by atoms with Gasteiger partial charge in [0.05, 0.1) is 0 Å². The molecule has 0 saturated carbocycles. The largest absolute Gasteiger partial charge is 0.340 e. The molecule has 1 atom stereocenters. The smallest absolute Gasteiger partial charge is 0.225 e. The molecule has 0 aromatic carbocycles. The van der Waals surface area contributed by atoms with Crippen molar-refractivity contribution in [3.8, 4) is 0 Å². The minimum atomic E-state index is 0.144. The quantitative estimate of drug-likeness (QED) is 0.679. The molecular formula is C15H33NO. The Labute approximate surface area is 109 Å². The zero-order chi connectivity index (χ0) is 14.0. The predicted molar refractivity (Wildman–Crippen MR) is 77.1 cm³/mol. The lowest BCUT2D eigenvalue weighted by Crippen LogP contribution is -2.43. The Kier molecular flexibility index (Phi) is 11.8. The number of amides is 1. The lowest BCUT2D eigenvalue weighted by molar-refractivity contribution is -0.138. The lowest BCUT2D eigenvalue weighted by Gasteiger charge is -2.32. The molecule has 104 valence electrons. The van der Waals surface area contributed by atoms with E-state index in [1.54, 1.807) is 0 Å². The van der Waals surface area contributed by atoms with E-state index in [9.17, 15) is 4.79 Å². The molecule has 2 nitrogen and oxygen atoms in total. The summed E-state index contributed by atoms with van der Waals surface area (Å²) in [6.07, 6.45) is 2.11. The Balaban J connectivity index is 0. The van der Waals surface area contributed by atoms with Crippen molar-refractivity contribution in [2.45, 2.75) is 74.3 Å². The van der Waals surface area contributed by atoms with Gasteiger partial charge < -0.3 is 4.90 Å². The molecule has 0 bridgehead atoms. The van der Waals surface area contributed by atoms with E-state index in [0.717, 1.165) is 19.4 Å². The summed E-state index contributed by atoms with van der Waals surface area (Å²) >= 11 is 0. The second-order valence-corrected chi connectivity index (χ2v) is 4.63. The molecule has 0 heterocycles. The summed E-state index contributed by atoms with van der Waals surface area (Å²) in [5, 5.41) is 0. The van der Waals surface area contributed by atoms with Gasteiger partial charge in [0.15, 0.2) is 0 Å². The van der Waals surface area contributed by atoms with E-state index in [0.29, 0.717) is 17.9 Å². The SMILES string of the molecule is CC.CCC(CC)N(CC)C(=O)C(C)C(C)C. The molecule has 0 rings (SSSR count). The Hall–Kier alpha value is -0.530. The summed E-state index contributed by atoms with van der Waals surface area (Å²) in [6, 6.07) is 0.420. The summed E-state index contributed by atoms with van der Waals surface area (Å²) in [5.41, 5.74) is 0. The minimum Gasteiger partial charge on any atom is -0.340 e. The fourth-order valence-electron chi connectivity index (χ4n) is 1.87. The summed E-state index contributed by atoms with van der Waals surface area (Å²) in [4.78, 5) is 14.2. The number of hydrogen-bond donors (Lipinski definition) is 0. The van der Waals surface area contributed by atoms with Gasteiger partial charge in [-0.05, 0) is 25.7 Å². The van der Waals surface area contributed by atoms with Gasteiger partial charge in [0.1, 0.15) is 0 Å². The van der Waals surface area contributed by atoms with Gasteiger partial charge in [-0.15, -0.1) is 0 Å². The summed E-state index contributed by atoms with van der Waals surface area (Å²) < 4.78 is 0. The van der Waals surface area contributed by atoms with Gasteiger partial charge in [-0.25, -0.2) is 0 Å². The van der Waals surface area contributed by atoms with Gasteiger partial charge in [0.25, 0.3) is 0 Å². The van der Waals surface area contributed by atoms with Crippen LogP contribution in [0.5, 0.6) is 0 Å². The van der Waals surface area contributed by atoms with Crippen molar-refractivity contribution in [3.05, 3.63) is 0 Å². The van der Waals surface area contributed by atoms with Crippen molar-refractivity contribution in [3.63, 3.8) is 0 Å². The third kappa shape index (κ3) is 6.09. The topological polar surface area (TPSA) is 20.3 Å². The first-order chi connectivity index (χ1) is 7.99. The predicted octanol–water partition coefficient (Wildman–Crippen LogP) is 4.34. The summed E-state index contributed by atoms with van der Waals surface area (Å²) in [6.45, 7) is 17.5. The van der Waals surface area contributed by atoms with Gasteiger partial charge in [0.2, 0.25) is 5.91 Å². The molecule has 0 aliphatic carbocycles. The van der Waals surface area contributed by atoms with Crippen LogP contribution in [0.25, 0.3) is 0 Å². The van der Waals surface area contributed by atoms with E-state index in [-0.39, 0.29) is 5.92 Å². The number of carbonyl (C=O) groups is 1. The molecule has 0 saturated heterocycles. The maximum Gasteiger partial charge on any atom is 0.225 e. The van der Waals surface area contributed by atoms with Crippen LogP contribution in [0, 0.1) is 11.8 Å². The Morgan fingerprint density at radius 2 is 1.41 bits per heavy atom. The normalized spacial score (nSPS) is 12.1. The third-order valence-corrected chi connectivity index (χ3v) is 3.40. The summed E-state index contributed by atoms with van der Waals surface area (Å²) in [7, 11) is 0. The number of carbonyl (C=O) groups excluding carboxylic acids is 1. The Morgan fingerprint density at radius 3 is 1.65 bits per heavy atom. The van der Waals surface area contributed by atoms with Gasteiger partial charge in [-0.1, -0.05) is 48.5 Å². The van der Waals surface area contributed by atoms with Crippen molar-refractivity contribution in [2.75, 3.05) is 6.54 Å². The van der Waals surface area contributed by atoms with Gasteiger partial charge in [-0.2, -0.15) is 0 Å². The molecule has 17 heavy (non-hydrogen) atoms. The van der Waals surface area contributed by atoms with E-state index in [4.69, 9.17) is 0 Å². The fraction of sp³-hybridized carbons (Fsp3) is 0.933. The molecule has 0 aromatic heterocycles. The highest BCUT2D eigenvalue weighted by Crippen LogP contribution is 2.17. The molecule has 0 N–H and O–H groups in total. The first-order valence-electron chi connectivity index (χ1n) is 7.29. The molecule has 0 radical (unpaired) electrons. The Bertz CT molecular complexity index is 185. The lowest BCUT2D eigenvalue weighted by atomic mass is 9.95. The van der Waals surface area contributed by atoms with E-state index >= 15 is 0 Å². The van der Waals surface area contributed by atoms with Crippen molar-refractivity contribution in [1.82, 2.24) is 4.90 Å². The van der Waals surface area contributed by atoms with Crippen LogP contribution in [-0.4, -0.2) is 23.4 Å². The zero-order valence-corrected chi connectivity index (χ0v) is 13.2. The average molecular weight is 243 g/mol.